The van der Waals surface area contributed by atoms with Gasteiger partial charge in [0.05, 0.1) is 23.1 Å². The van der Waals surface area contributed by atoms with Gasteiger partial charge in [-0.2, -0.15) is 5.10 Å². The van der Waals surface area contributed by atoms with Crippen molar-refractivity contribution in [1.82, 2.24) is 9.78 Å². The number of benzene rings is 2. The molecule has 0 N–H and O–H groups in total. The number of fused-ring (bicyclic) bond motifs is 1. The fraction of sp³-hybridized carbons (Fsp3) is 0.238. The summed E-state index contributed by atoms with van der Waals surface area (Å²) in [6, 6.07) is 9.25. The number of para-hydroxylation sites is 1. The maximum atomic E-state index is 14.1. The fourth-order valence-electron chi connectivity index (χ4n) is 3.76. The van der Waals surface area contributed by atoms with Gasteiger partial charge in [0.25, 0.3) is 5.91 Å². The predicted molar refractivity (Wildman–Crippen MR) is 99.4 cm³/mol. The average molecular weight is 367 g/mol. The van der Waals surface area contributed by atoms with Gasteiger partial charge in [-0.15, -0.1) is 0 Å². The van der Waals surface area contributed by atoms with Crippen LogP contribution in [0, 0.1) is 25.5 Å². The van der Waals surface area contributed by atoms with Crippen LogP contribution in [0.3, 0.4) is 0 Å². The molecule has 0 fully saturated rings. The number of carbonyl (C=O) groups is 1. The zero-order valence-electron chi connectivity index (χ0n) is 15.2. The molecule has 0 unspecified atom stereocenters. The summed E-state index contributed by atoms with van der Waals surface area (Å²) in [5.74, 6) is -0.896. The van der Waals surface area contributed by atoms with Crippen LogP contribution >= 0.6 is 0 Å². The van der Waals surface area contributed by atoms with Crippen molar-refractivity contribution in [3.8, 4) is 5.69 Å². The van der Waals surface area contributed by atoms with Crippen molar-refractivity contribution in [2.75, 3.05) is 11.4 Å². The Morgan fingerprint density at radius 3 is 2.70 bits per heavy atom. The fourth-order valence-corrected chi connectivity index (χ4v) is 3.76. The van der Waals surface area contributed by atoms with Crippen LogP contribution in [0.1, 0.15) is 33.6 Å². The molecule has 2 aromatic carbocycles. The average Bonchev–Trinajstić information content (AvgIpc) is 3.02. The second-order valence-electron chi connectivity index (χ2n) is 6.80. The highest BCUT2D eigenvalue weighted by atomic mass is 19.1. The van der Waals surface area contributed by atoms with Crippen LogP contribution < -0.4 is 4.90 Å². The Bertz CT molecular complexity index is 1040. The van der Waals surface area contributed by atoms with E-state index < -0.39 is 5.82 Å². The number of halogens is 2. The van der Waals surface area contributed by atoms with Gasteiger partial charge in [-0.3, -0.25) is 4.79 Å². The van der Waals surface area contributed by atoms with Crippen LogP contribution in [0.5, 0.6) is 0 Å². The van der Waals surface area contributed by atoms with Gasteiger partial charge in [0.1, 0.15) is 17.3 Å². The van der Waals surface area contributed by atoms with Crippen LogP contribution in [-0.4, -0.2) is 22.2 Å². The summed E-state index contributed by atoms with van der Waals surface area (Å²) < 4.78 is 29.3. The summed E-state index contributed by atoms with van der Waals surface area (Å²) in [6.07, 6.45) is 2.98. The molecule has 1 aromatic heterocycles. The van der Waals surface area contributed by atoms with Crippen LogP contribution in [0.15, 0.2) is 42.6 Å². The third-order valence-corrected chi connectivity index (χ3v) is 5.01. The van der Waals surface area contributed by atoms with Gasteiger partial charge in [-0.05, 0) is 62.1 Å². The van der Waals surface area contributed by atoms with Gasteiger partial charge in [0, 0.05) is 6.54 Å². The molecule has 1 aliphatic rings. The highest BCUT2D eigenvalue weighted by Crippen LogP contribution is 2.33. The molecule has 0 spiro atoms. The van der Waals surface area contributed by atoms with E-state index in [1.165, 1.54) is 29.1 Å². The molecule has 0 radical (unpaired) electrons. The first-order valence-corrected chi connectivity index (χ1v) is 8.88. The number of aryl methyl sites for hydroxylation is 2. The molecule has 2 heterocycles. The van der Waals surface area contributed by atoms with Crippen LogP contribution in [0.2, 0.25) is 0 Å². The van der Waals surface area contributed by atoms with E-state index in [9.17, 15) is 13.6 Å². The highest BCUT2D eigenvalue weighted by Gasteiger charge is 2.28. The summed E-state index contributed by atoms with van der Waals surface area (Å²) in [4.78, 5) is 14.9. The van der Waals surface area contributed by atoms with E-state index in [2.05, 4.69) is 5.10 Å². The second kappa shape index (κ2) is 6.61. The Labute approximate surface area is 156 Å². The minimum Gasteiger partial charge on any atom is -0.308 e. The molecule has 3 aromatic rings. The monoisotopic (exact) mass is 367 g/mol. The molecule has 0 atom stereocenters. The topological polar surface area (TPSA) is 38.1 Å². The first-order valence-electron chi connectivity index (χ1n) is 8.88. The molecule has 4 rings (SSSR count). The van der Waals surface area contributed by atoms with Crippen molar-refractivity contribution in [2.45, 2.75) is 26.7 Å². The molecule has 0 saturated heterocycles. The maximum absolute atomic E-state index is 14.1. The standard InChI is InChI=1S/C21H19F2N3O/c1-13-10-16(22)11-15-6-5-9-25(20(13)15)21(27)17-12-24-26(14(17)2)19-8-4-3-7-18(19)23/h3-4,7-8,10-12H,5-6,9H2,1-2H3. The van der Waals surface area contributed by atoms with Crippen molar-refractivity contribution in [3.05, 3.63) is 76.6 Å². The van der Waals surface area contributed by atoms with Crippen LogP contribution in [0.25, 0.3) is 5.69 Å². The first-order chi connectivity index (χ1) is 13.0. The van der Waals surface area contributed by atoms with Gasteiger partial charge in [-0.25, -0.2) is 13.5 Å². The van der Waals surface area contributed by atoms with E-state index in [4.69, 9.17) is 0 Å². The normalized spacial score (nSPS) is 13.6. The van der Waals surface area contributed by atoms with E-state index in [0.29, 0.717) is 23.5 Å². The SMILES string of the molecule is Cc1cc(F)cc2c1N(C(=O)c1cnn(-c3ccccc3F)c1C)CCC2. The molecule has 27 heavy (non-hydrogen) atoms. The molecule has 138 valence electrons. The van der Waals surface area contributed by atoms with E-state index in [1.807, 2.05) is 6.92 Å². The Balaban J connectivity index is 1.75. The molecule has 4 nitrogen and oxygen atoms in total. The first kappa shape index (κ1) is 17.4. The Kier molecular flexibility index (Phi) is 4.26. The Hall–Kier alpha value is -3.02. The summed E-state index contributed by atoms with van der Waals surface area (Å²) in [7, 11) is 0. The summed E-state index contributed by atoms with van der Waals surface area (Å²) in [5.41, 5.74) is 3.62. The van der Waals surface area contributed by atoms with E-state index in [1.54, 1.807) is 30.0 Å². The van der Waals surface area contributed by atoms with Gasteiger partial charge in [0.15, 0.2) is 0 Å². The van der Waals surface area contributed by atoms with Crippen molar-refractivity contribution in [3.63, 3.8) is 0 Å². The van der Waals surface area contributed by atoms with Crippen molar-refractivity contribution in [2.24, 2.45) is 0 Å². The molecule has 1 amide bonds. The van der Waals surface area contributed by atoms with E-state index in [0.717, 1.165) is 29.7 Å². The van der Waals surface area contributed by atoms with Crippen molar-refractivity contribution >= 4 is 11.6 Å². The van der Waals surface area contributed by atoms with Gasteiger partial charge < -0.3 is 4.90 Å². The Morgan fingerprint density at radius 2 is 1.93 bits per heavy atom. The number of aromatic nitrogens is 2. The summed E-state index contributed by atoms with van der Waals surface area (Å²) >= 11 is 0. The minimum absolute atomic E-state index is 0.203. The lowest BCUT2D eigenvalue weighted by Gasteiger charge is -2.31. The molecular weight excluding hydrogens is 348 g/mol. The van der Waals surface area contributed by atoms with Gasteiger partial charge >= 0.3 is 0 Å². The molecule has 0 aliphatic carbocycles. The third-order valence-electron chi connectivity index (χ3n) is 5.01. The third kappa shape index (κ3) is 2.91. The van der Waals surface area contributed by atoms with Crippen molar-refractivity contribution in [1.29, 1.82) is 0 Å². The smallest absolute Gasteiger partial charge is 0.261 e. The van der Waals surface area contributed by atoms with Gasteiger partial charge in [0.2, 0.25) is 0 Å². The lowest BCUT2D eigenvalue weighted by molar-refractivity contribution is 0.0984. The quantitative estimate of drug-likeness (QED) is 0.675. The van der Waals surface area contributed by atoms with Crippen LogP contribution in [-0.2, 0) is 6.42 Å². The van der Waals surface area contributed by atoms with E-state index >= 15 is 0 Å². The zero-order valence-corrected chi connectivity index (χ0v) is 15.2. The molecule has 6 heteroatoms. The van der Waals surface area contributed by atoms with Crippen LogP contribution in [0.4, 0.5) is 14.5 Å². The van der Waals surface area contributed by atoms with Gasteiger partial charge in [-0.1, -0.05) is 12.1 Å². The number of carbonyl (C=O) groups excluding carboxylic acids is 1. The van der Waals surface area contributed by atoms with Crippen molar-refractivity contribution < 1.29 is 13.6 Å². The molecular formula is C21H19F2N3O. The maximum Gasteiger partial charge on any atom is 0.261 e. The zero-order chi connectivity index (χ0) is 19.1. The largest absolute Gasteiger partial charge is 0.308 e. The Morgan fingerprint density at radius 1 is 1.15 bits per heavy atom. The lowest BCUT2D eigenvalue weighted by Crippen LogP contribution is -2.36. The number of anilines is 1. The number of nitrogens with zero attached hydrogens (tertiary/aromatic N) is 3. The number of rotatable bonds is 2. The number of hydrogen-bond acceptors (Lipinski definition) is 2. The second-order valence-corrected chi connectivity index (χ2v) is 6.80. The molecule has 0 saturated carbocycles. The number of amides is 1. The molecule has 0 bridgehead atoms. The summed E-state index contributed by atoms with van der Waals surface area (Å²) in [5, 5.41) is 4.22. The highest BCUT2D eigenvalue weighted by molar-refractivity contribution is 6.07. The lowest BCUT2D eigenvalue weighted by atomic mass is 9.97. The minimum atomic E-state index is -0.405. The molecule has 1 aliphatic heterocycles. The number of hydrogen-bond donors (Lipinski definition) is 0. The summed E-state index contributed by atoms with van der Waals surface area (Å²) in [6.45, 7) is 4.11. The predicted octanol–water partition coefficient (Wildman–Crippen LogP) is 4.36. The van der Waals surface area contributed by atoms with E-state index in [-0.39, 0.29) is 11.7 Å².